The van der Waals surface area contributed by atoms with Gasteiger partial charge in [-0.05, 0) is 19.7 Å². The number of amides is 1. The molecule has 3 rings (SSSR count). The van der Waals surface area contributed by atoms with Gasteiger partial charge in [0.1, 0.15) is 10.7 Å². The molecule has 3 aromatic rings. The zero-order chi connectivity index (χ0) is 18.4. The topological polar surface area (TPSA) is 36.4 Å². The monoisotopic (exact) mass is 365 g/mol. The first-order chi connectivity index (χ1) is 12.6. The number of carbonyl (C=O) groups is 1. The molecule has 0 saturated carbocycles. The second-order valence-corrected chi connectivity index (χ2v) is 7.28. The van der Waals surface area contributed by atoms with Gasteiger partial charge in [0.05, 0.1) is 0 Å². The van der Waals surface area contributed by atoms with Crippen molar-refractivity contribution in [2.45, 2.75) is 6.54 Å². The largest absolute Gasteiger partial charge is 0.332 e. The molecule has 0 N–H and O–H groups in total. The summed E-state index contributed by atoms with van der Waals surface area (Å²) in [5, 5.41) is 2.74. The minimum atomic E-state index is -0.0193. The highest BCUT2D eigenvalue weighted by Gasteiger charge is 2.19. The molecule has 0 aliphatic rings. The van der Waals surface area contributed by atoms with E-state index in [-0.39, 0.29) is 5.91 Å². The predicted octanol–water partition coefficient (Wildman–Crippen LogP) is 4.01. The van der Waals surface area contributed by atoms with E-state index in [1.807, 2.05) is 85.0 Å². The first kappa shape index (κ1) is 18.3. The molecule has 4 nitrogen and oxygen atoms in total. The molecular weight excluding hydrogens is 342 g/mol. The standard InChI is InChI=1S/C21H23N3OS/c1-23(2)13-14-24(15-17-9-5-3-6-10-17)21(25)19-16-26-20(22-19)18-11-7-4-8-12-18/h3-12,16H,13-15H2,1-2H3. The van der Waals surface area contributed by atoms with Crippen LogP contribution in [0, 0.1) is 0 Å². The number of carbonyl (C=O) groups excluding carboxylic acids is 1. The lowest BCUT2D eigenvalue weighted by Crippen LogP contribution is -2.36. The van der Waals surface area contributed by atoms with Gasteiger partial charge in [0.15, 0.2) is 0 Å². The Labute approximate surface area is 158 Å². The number of hydrogen-bond donors (Lipinski definition) is 0. The Balaban J connectivity index is 1.79. The molecule has 0 spiro atoms. The molecule has 0 aliphatic heterocycles. The second-order valence-electron chi connectivity index (χ2n) is 6.42. The van der Waals surface area contributed by atoms with Crippen LogP contribution in [0.5, 0.6) is 0 Å². The maximum Gasteiger partial charge on any atom is 0.273 e. The fourth-order valence-corrected chi connectivity index (χ4v) is 3.42. The van der Waals surface area contributed by atoms with E-state index in [2.05, 4.69) is 9.88 Å². The number of likely N-dealkylation sites (N-methyl/N-ethyl adjacent to an activating group) is 1. The van der Waals surface area contributed by atoms with E-state index in [0.717, 1.165) is 22.7 Å². The predicted molar refractivity (Wildman–Crippen MR) is 107 cm³/mol. The summed E-state index contributed by atoms with van der Waals surface area (Å²) in [6.45, 7) is 2.07. The van der Waals surface area contributed by atoms with Crippen molar-refractivity contribution in [2.75, 3.05) is 27.2 Å². The third kappa shape index (κ3) is 4.77. The molecule has 0 aliphatic carbocycles. The molecule has 0 fully saturated rings. The Kier molecular flexibility index (Phi) is 6.15. The Morgan fingerprint density at radius 3 is 2.27 bits per heavy atom. The summed E-state index contributed by atoms with van der Waals surface area (Å²) >= 11 is 1.51. The van der Waals surface area contributed by atoms with Crippen molar-refractivity contribution >= 4 is 17.2 Å². The number of benzene rings is 2. The summed E-state index contributed by atoms with van der Waals surface area (Å²) in [5.41, 5.74) is 2.68. The first-order valence-corrected chi connectivity index (χ1v) is 9.50. The molecule has 2 aromatic carbocycles. The Morgan fingerprint density at radius 1 is 0.962 bits per heavy atom. The van der Waals surface area contributed by atoms with Crippen molar-refractivity contribution in [3.8, 4) is 10.6 Å². The van der Waals surface area contributed by atoms with Gasteiger partial charge in [0, 0.05) is 30.6 Å². The van der Waals surface area contributed by atoms with Crippen molar-refractivity contribution in [1.82, 2.24) is 14.8 Å². The summed E-state index contributed by atoms with van der Waals surface area (Å²) in [6.07, 6.45) is 0. The molecule has 26 heavy (non-hydrogen) atoms. The summed E-state index contributed by atoms with van der Waals surface area (Å²) in [4.78, 5) is 21.6. The van der Waals surface area contributed by atoms with Gasteiger partial charge < -0.3 is 9.80 Å². The number of hydrogen-bond acceptors (Lipinski definition) is 4. The van der Waals surface area contributed by atoms with E-state index in [4.69, 9.17) is 0 Å². The number of thiazole rings is 1. The summed E-state index contributed by atoms with van der Waals surface area (Å²) < 4.78 is 0. The van der Waals surface area contributed by atoms with Crippen LogP contribution >= 0.6 is 11.3 Å². The zero-order valence-electron chi connectivity index (χ0n) is 15.1. The molecule has 0 radical (unpaired) electrons. The Hall–Kier alpha value is -2.50. The van der Waals surface area contributed by atoms with Crippen LogP contribution in [0.15, 0.2) is 66.0 Å². The highest BCUT2D eigenvalue weighted by atomic mass is 32.1. The van der Waals surface area contributed by atoms with Gasteiger partial charge in [-0.25, -0.2) is 4.98 Å². The van der Waals surface area contributed by atoms with E-state index < -0.39 is 0 Å². The lowest BCUT2D eigenvalue weighted by molar-refractivity contribution is 0.0727. The third-order valence-corrected chi connectivity index (χ3v) is 4.96. The molecule has 0 unspecified atom stereocenters. The van der Waals surface area contributed by atoms with E-state index >= 15 is 0 Å². The normalized spacial score (nSPS) is 10.9. The lowest BCUT2D eigenvalue weighted by Gasteiger charge is -2.24. The summed E-state index contributed by atoms with van der Waals surface area (Å²) in [7, 11) is 4.03. The molecule has 0 saturated heterocycles. The fourth-order valence-electron chi connectivity index (χ4n) is 2.62. The second kappa shape index (κ2) is 8.74. The Morgan fingerprint density at radius 2 is 1.62 bits per heavy atom. The van der Waals surface area contributed by atoms with E-state index in [1.54, 1.807) is 0 Å². The lowest BCUT2D eigenvalue weighted by atomic mass is 10.2. The summed E-state index contributed by atoms with van der Waals surface area (Å²) in [5.74, 6) is -0.0193. The molecule has 1 heterocycles. The highest BCUT2D eigenvalue weighted by molar-refractivity contribution is 7.13. The molecule has 0 atom stereocenters. The van der Waals surface area contributed by atoms with Crippen LogP contribution in [0.1, 0.15) is 16.1 Å². The zero-order valence-corrected chi connectivity index (χ0v) is 15.9. The van der Waals surface area contributed by atoms with E-state index in [1.165, 1.54) is 11.3 Å². The van der Waals surface area contributed by atoms with Crippen molar-refractivity contribution in [3.63, 3.8) is 0 Å². The van der Waals surface area contributed by atoms with Crippen LogP contribution in [0.25, 0.3) is 10.6 Å². The SMILES string of the molecule is CN(C)CCN(Cc1ccccc1)C(=O)c1csc(-c2ccccc2)n1. The number of aromatic nitrogens is 1. The van der Waals surface area contributed by atoms with Crippen molar-refractivity contribution in [3.05, 3.63) is 77.3 Å². The van der Waals surface area contributed by atoms with Crippen LogP contribution < -0.4 is 0 Å². The third-order valence-electron chi connectivity index (χ3n) is 4.06. The number of nitrogens with zero attached hydrogens (tertiary/aromatic N) is 3. The van der Waals surface area contributed by atoms with Crippen LogP contribution in [-0.4, -0.2) is 47.9 Å². The van der Waals surface area contributed by atoms with E-state index in [9.17, 15) is 4.79 Å². The molecule has 1 aromatic heterocycles. The fraction of sp³-hybridized carbons (Fsp3) is 0.238. The van der Waals surface area contributed by atoms with Crippen LogP contribution in [-0.2, 0) is 6.54 Å². The maximum atomic E-state index is 13.1. The van der Waals surface area contributed by atoms with Gasteiger partial charge in [-0.15, -0.1) is 11.3 Å². The van der Waals surface area contributed by atoms with Crippen LogP contribution in [0.4, 0.5) is 0 Å². The van der Waals surface area contributed by atoms with Crippen molar-refractivity contribution < 1.29 is 4.79 Å². The van der Waals surface area contributed by atoms with Crippen LogP contribution in [0.2, 0.25) is 0 Å². The van der Waals surface area contributed by atoms with E-state index in [0.29, 0.717) is 18.8 Å². The van der Waals surface area contributed by atoms with Crippen molar-refractivity contribution in [2.24, 2.45) is 0 Å². The van der Waals surface area contributed by atoms with Crippen LogP contribution in [0.3, 0.4) is 0 Å². The average Bonchev–Trinajstić information content (AvgIpc) is 3.16. The average molecular weight is 366 g/mol. The highest BCUT2D eigenvalue weighted by Crippen LogP contribution is 2.24. The van der Waals surface area contributed by atoms with Gasteiger partial charge in [-0.1, -0.05) is 60.7 Å². The molecule has 5 heteroatoms. The van der Waals surface area contributed by atoms with Gasteiger partial charge >= 0.3 is 0 Å². The van der Waals surface area contributed by atoms with Crippen molar-refractivity contribution in [1.29, 1.82) is 0 Å². The molecule has 0 bridgehead atoms. The van der Waals surface area contributed by atoms with Gasteiger partial charge in [0.2, 0.25) is 0 Å². The Bertz CT molecular complexity index is 831. The summed E-state index contributed by atoms with van der Waals surface area (Å²) in [6, 6.07) is 20.1. The molecule has 134 valence electrons. The van der Waals surface area contributed by atoms with Gasteiger partial charge in [0.25, 0.3) is 5.91 Å². The quantitative estimate of drug-likeness (QED) is 0.635. The maximum absolute atomic E-state index is 13.1. The minimum Gasteiger partial charge on any atom is -0.332 e. The van der Waals surface area contributed by atoms with Gasteiger partial charge in [-0.3, -0.25) is 4.79 Å². The molecule has 1 amide bonds. The minimum absolute atomic E-state index is 0.0193. The smallest absolute Gasteiger partial charge is 0.273 e. The molecular formula is C21H23N3OS. The first-order valence-electron chi connectivity index (χ1n) is 8.62. The number of rotatable bonds is 7. The van der Waals surface area contributed by atoms with Gasteiger partial charge in [-0.2, -0.15) is 0 Å².